The highest BCUT2D eigenvalue weighted by atomic mass is 35.5. The number of nitriles is 1. The Morgan fingerprint density at radius 3 is 2.85 bits per heavy atom. The highest BCUT2D eigenvalue weighted by Crippen LogP contribution is 2.24. The highest BCUT2D eigenvalue weighted by molar-refractivity contribution is 6.31. The molecule has 13 heavy (non-hydrogen) atoms. The Morgan fingerprint density at radius 1 is 1.62 bits per heavy atom. The topological polar surface area (TPSA) is 49.8 Å². The van der Waals surface area contributed by atoms with Crippen LogP contribution in [-0.4, -0.2) is 0 Å². The lowest BCUT2D eigenvalue weighted by Crippen LogP contribution is -2.09. The maximum atomic E-state index is 8.47. The molecule has 0 fully saturated rings. The van der Waals surface area contributed by atoms with E-state index in [0.717, 1.165) is 11.1 Å². The van der Waals surface area contributed by atoms with Gasteiger partial charge >= 0.3 is 0 Å². The van der Waals surface area contributed by atoms with E-state index in [0.29, 0.717) is 11.4 Å². The summed E-state index contributed by atoms with van der Waals surface area (Å²) in [5, 5.41) is 9.11. The van der Waals surface area contributed by atoms with Crippen molar-refractivity contribution in [2.75, 3.05) is 0 Å². The summed E-state index contributed by atoms with van der Waals surface area (Å²) in [5.74, 6) is 0. The molecule has 0 aliphatic heterocycles. The molecule has 1 unspecified atom stereocenters. The van der Waals surface area contributed by atoms with Crippen LogP contribution in [0.2, 0.25) is 5.02 Å². The number of hydrogen-bond acceptors (Lipinski definition) is 2. The fourth-order valence-electron chi connectivity index (χ4n) is 1.14. The number of halogens is 1. The van der Waals surface area contributed by atoms with Gasteiger partial charge in [0.05, 0.1) is 12.5 Å². The second-order valence-corrected chi connectivity index (χ2v) is 3.40. The SMILES string of the molecule is Cc1ccc(C(N)CC#N)c(Cl)c1. The van der Waals surface area contributed by atoms with Crippen LogP contribution < -0.4 is 5.73 Å². The summed E-state index contributed by atoms with van der Waals surface area (Å²) >= 11 is 5.97. The molecule has 0 bridgehead atoms. The molecule has 0 saturated heterocycles. The van der Waals surface area contributed by atoms with E-state index in [-0.39, 0.29) is 6.04 Å². The maximum absolute atomic E-state index is 8.47. The highest BCUT2D eigenvalue weighted by Gasteiger charge is 2.08. The van der Waals surface area contributed by atoms with E-state index in [1.165, 1.54) is 0 Å². The van der Waals surface area contributed by atoms with Gasteiger partial charge in [0.2, 0.25) is 0 Å². The third kappa shape index (κ3) is 2.45. The molecule has 2 nitrogen and oxygen atoms in total. The number of benzene rings is 1. The summed E-state index contributed by atoms with van der Waals surface area (Å²) in [4.78, 5) is 0. The van der Waals surface area contributed by atoms with Gasteiger partial charge in [-0.15, -0.1) is 0 Å². The molecule has 0 amide bonds. The first-order chi connectivity index (χ1) is 6.15. The molecule has 1 atom stereocenters. The summed E-state index contributed by atoms with van der Waals surface area (Å²) in [5.41, 5.74) is 7.69. The molecule has 0 saturated carbocycles. The standard InChI is InChI=1S/C10H11ClN2/c1-7-2-3-8(9(11)6-7)10(13)4-5-12/h2-3,6,10H,4,13H2,1H3. The second kappa shape index (κ2) is 4.27. The molecule has 0 radical (unpaired) electrons. The van der Waals surface area contributed by atoms with Crippen LogP contribution in [0.3, 0.4) is 0 Å². The number of hydrogen-bond donors (Lipinski definition) is 1. The minimum Gasteiger partial charge on any atom is -0.323 e. The van der Waals surface area contributed by atoms with Gasteiger partial charge in [-0.1, -0.05) is 23.7 Å². The van der Waals surface area contributed by atoms with Gasteiger partial charge in [0.1, 0.15) is 0 Å². The van der Waals surface area contributed by atoms with Gasteiger partial charge in [-0.05, 0) is 24.1 Å². The average molecular weight is 195 g/mol. The van der Waals surface area contributed by atoms with Crippen molar-refractivity contribution in [2.24, 2.45) is 5.73 Å². The Balaban J connectivity index is 2.96. The van der Waals surface area contributed by atoms with E-state index in [1.54, 1.807) is 0 Å². The van der Waals surface area contributed by atoms with Crippen LogP contribution in [0, 0.1) is 18.3 Å². The summed E-state index contributed by atoms with van der Waals surface area (Å²) in [6, 6.07) is 7.42. The van der Waals surface area contributed by atoms with Gasteiger partial charge < -0.3 is 5.73 Å². The fourth-order valence-corrected chi connectivity index (χ4v) is 1.52. The first kappa shape index (κ1) is 10.0. The lowest BCUT2D eigenvalue weighted by molar-refractivity contribution is 0.748. The van der Waals surface area contributed by atoms with Crippen molar-refractivity contribution in [3.05, 3.63) is 34.3 Å². The van der Waals surface area contributed by atoms with Gasteiger partial charge in [-0.25, -0.2) is 0 Å². The van der Waals surface area contributed by atoms with Crippen LogP contribution in [0.15, 0.2) is 18.2 Å². The largest absolute Gasteiger partial charge is 0.323 e. The zero-order valence-electron chi connectivity index (χ0n) is 7.42. The van der Waals surface area contributed by atoms with Crippen LogP contribution in [0.4, 0.5) is 0 Å². The first-order valence-corrected chi connectivity index (χ1v) is 4.41. The third-order valence-corrected chi connectivity index (χ3v) is 2.19. The Bertz CT molecular complexity index is 341. The van der Waals surface area contributed by atoms with Crippen molar-refractivity contribution in [2.45, 2.75) is 19.4 Å². The average Bonchev–Trinajstić information content (AvgIpc) is 2.04. The predicted octanol–water partition coefficient (Wildman–Crippen LogP) is 2.56. The van der Waals surface area contributed by atoms with Crippen molar-refractivity contribution in [1.82, 2.24) is 0 Å². The van der Waals surface area contributed by atoms with E-state index >= 15 is 0 Å². The number of aryl methyl sites for hydroxylation is 1. The van der Waals surface area contributed by atoms with E-state index in [9.17, 15) is 0 Å². The van der Waals surface area contributed by atoms with E-state index in [4.69, 9.17) is 22.6 Å². The molecular formula is C10H11ClN2. The van der Waals surface area contributed by atoms with Crippen LogP contribution >= 0.6 is 11.6 Å². The molecular weight excluding hydrogens is 184 g/mol. The first-order valence-electron chi connectivity index (χ1n) is 4.03. The van der Waals surface area contributed by atoms with E-state index in [2.05, 4.69) is 0 Å². The van der Waals surface area contributed by atoms with Gasteiger partial charge in [-0.3, -0.25) is 0 Å². The summed E-state index contributed by atoms with van der Waals surface area (Å²) in [6.07, 6.45) is 0.294. The van der Waals surface area contributed by atoms with Gasteiger partial charge in [0, 0.05) is 11.1 Å². The van der Waals surface area contributed by atoms with Gasteiger partial charge in [0.15, 0.2) is 0 Å². The lowest BCUT2D eigenvalue weighted by atomic mass is 10.0. The smallest absolute Gasteiger partial charge is 0.0641 e. The minimum atomic E-state index is -0.280. The zero-order chi connectivity index (χ0) is 9.84. The molecule has 2 N–H and O–H groups in total. The molecule has 0 aromatic heterocycles. The fraction of sp³-hybridized carbons (Fsp3) is 0.300. The van der Waals surface area contributed by atoms with Crippen molar-refractivity contribution in [3.8, 4) is 6.07 Å². The van der Waals surface area contributed by atoms with Crippen molar-refractivity contribution < 1.29 is 0 Å². The molecule has 0 aliphatic carbocycles. The monoisotopic (exact) mass is 194 g/mol. The summed E-state index contributed by atoms with van der Waals surface area (Å²) in [7, 11) is 0. The zero-order valence-corrected chi connectivity index (χ0v) is 8.17. The normalized spacial score (nSPS) is 12.2. The summed E-state index contributed by atoms with van der Waals surface area (Å²) < 4.78 is 0. The van der Waals surface area contributed by atoms with Crippen molar-refractivity contribution >= 4 is 11.6 Å². The molecule has 0 spiro atoms. The number of rotatable bonds is 2. The van der Waals surface area contributed by atoms with Gasteiger partial charge in [0.25, 0.3) is 0 Å². The van der Waals surface area contributed by atoms with Crippen LogP contribution in [-0.2, 0) is 0 Å². The lowest BCUT2D eigenvalue weighted by Gasteiger charge is -2.10. The third-order valence-electron chi connectivity index (χ3n) is 1.87. The van der Waals surface area contributed by atoms with E-state index in [1.807, 2.05) is 31.2 Å². The van der Waals surface area contributed by atoms with Crippen LogP contribution in [0.1, 0.15) is 23.6 Å². The quantitative estimate of drug-likeness (QED) is 0.787. The second-order valence-electron chi connectivity index (χ2n) is 2.99. The molecule has 0 aliphatic rings. The molecule has 1 aromatic carbocycles. The predicted molar refractivity (Wildman–Crippen MR) is 53.3 cm³/mol. The Kier molecular flexibility index (Phi) is 3.30. The molecule has 1 rings (SSSR count). The van der Waals surface area contributed by atoms with E-state index < -0.39 is 0 Å². The van der Waals surface area contributed by atoms with Crippen LogP contribution in [0.25, 0.3) is 0 Å². The molecule has 1 aromatic rings. The summed E-state index contributed by atoms with van der Waals surface area (Å²) in [6.45, 7) is 1.96. The molecule has 0 heterocycles. The Labute approximate surface area is 82.9 Å². The number of nitrogens with two attached hydrogens (primary N) is 1. The maximum Gasteiger partial charge on any atom is 0.0641 e. The molecule has 3 heteroatoms. The Hall–Kier alpha value is -1.04. The Morgan fingerprint density at radius 2 is 2.31 bits per heavy atom. The molecule has 68 valence electrons. The number of nitrogens with zero attached hydrogens (tertiary/aromatic N) is 1. The van der Waals surface area contributed by atoms with Crippen molar-refractivity contribution in [3.63, 3.8) is 0 Å². The minimum absolute atomic E-state index is 0.280. The van der Waals surface area contributed by atoms with Gasteiger partial charge in [-0.2, -0.15) is 5.26 Å². The van der Waals surface area contributed by atoms with Crippen molar-refractivity contribution in [1.29, 1.82) is 5.26 Å². The van der Waals surface area contributed by atoms with Crippen LogP contribution in [0.5, 0.6) is 0 Å².